The zero-order valence-corrected chi connectivity index (χ0v) is 9.27. The fourth-order valence-electron chi connectivity index (χ4n) is 2.04. The predicted molar refractivity (Wildman–Crippen MR) is 56.6 cm³/mol. The predicted octanol–water partition coefficient (Wildman–Crippen LogP) is 0.121. The van der Waals surface area contributed by atoms with E-state index in [0.717, 1.165) is 17.4 Å². The minimum Gasteiger partial charge on any atom is -0.492 e. The van der Waals surface area contributed by atoms with Crippen LogP contribution in [0.3, 0.4) is 0 Å². The average Bonchev–Trinajstić information content (AvgIpc) is 2.79. The van der Waals surface area contributed by atoms with Crippen LogP contribution in [0.5, 0.6) is 5.88 Å². The molecule has 0 aromatic carbocycles. The summed E-state index contributed by atoms with van der Waals surface area (Å²) in [4.78, 5) is 24.3. The van der Waals surface area contributed by atoms with Crippen molar-refractivity contribution in [2.75, 3.05) is 6.61 Å². The van der Waals surface area contributed by atoms with Crippen LogP contribution in [0, 0.1) is 5.82 Å². The van der Waals surface area contributed by atoms with Crippen LogP contribution in [-0.4, -0.2) is 27.4 Å². The summed E-state index contributed by atoms with van der Waals surface area (Å²) in [5.41, 5.74) is -2.06. The molecule has 0 spiro atoms. The minimum absolute atomic E-state index is 0.260. The Balaban J connectivity index is 2.48. The zero-order chi connectivity index (χ0) is 12.6. The quantitative estimate of drug-likeness (QED) is 0.774. The number of nitrogens with one attached hydrogen (secondary N) is 1. The van der Waals surface area contributed by atoms with Gasteiger partial charge in [-0.2, -0.15) is 4.39 Å². The molecule has 6 nitrogen and oxygen atoms in total. The molecule has 94 valence electrons. The number of ether oxygens (including phenoxy) is 1. The Labute approximate surface area is 95.7 Å². The lowest BCUT2D eigenvalue weighted by Gasteiger charge is -2.21. The first kappa shape index (κ1) is 11.8. The molecule has 2 rings (SSSR count). The van der Waals surface area contributed by atoms with Crippen molar-refractivity contribution in [3.05, 3.63) is 26.7 Å². The van der Waals surface area contributed by atoms with Gasteiger partial charge in [0, 0.05) is 6.61 Å². The van der Waals surface area contributed by atoms with E-state index in [4.69, 9.17) is 4.74 Å². The third kappa shape index (κ3) is 1.97. The maximum absolute atomic E-state index is 13.2. The molecule has 0 bridgehead atoms. The summed E-state index contributed by atoms with van der Waals surface area (Å²) >= 11 is 0. The van der Waals surface area contributed by atoms with Crippen molar-refractivity contribution in [2.24, 2.45) is 0 Å². The van der Waals surface area contributed by atoms with Gasteiger partial charge in [-0.1, -0.05) is 0 Å². The largest absolute Gasteiger partial charge is 0.492 e. The molecule has 2 atom stereocenters. The number of aromatic amines is 1. The number of rotatable bonds is 2. The van der Waals surface area contributed by atoms with Gasteiger partial charge >= 0.3 is 5.69 Å². The second-order valence-electron chi connectivity index (χ2n) is 4.06. The second kappa shape index (κ2) is 4.33. The molecule has 0 amide bonds. The molecule has 1 saturated heterocycles. The van der Waals surface area contributed by atoms with Crippen LogP contribution < -0.4 is 11.2 Å². The monoisotopic (exact) mass is 244 g/mol. The second-order valence-corrected chi connectivity index (χ2v) is 4.06. The summed E-state index contributed by atoms with van der Waals surface area (Å²) in [5.74, 6) is -2.30. The van der Waals surface area contributed by atoms with Crippen LogP contribution in [0.15, 0.2) is 9.59 Å². The topological polar surface area (TPSA) is 84.3 Å². The lowest BCUT2D eigenvalue weighted by atomic mass is 10.1. The van der Waals surface area contributed by atoms with Gasteiger partial charge in [-0.3, -0.25) is 14.3 Å². The zero-order valence-electron chi connectivity index (χ0n) is 9.27. The lowest BCUT2D eigenvalue weighted by Crippen LogP contribution is -2.37. The van der Waals surface area contributed by atoms with Gasteiger partial charge in [-0.05, 0) is 19.8 Å². The Morgan fingerprint density at radius 2 is 2.29 bits per heavy atom. The third-order valence-corrected chi connectivity index (χ3v) is 2.97. The number of nitrogens with zero attached hydrogens (tertiary/aromatic N) is 1. The molecule has 0 saturated carbocycles. The van der Waals surface area contributed by atoms with Crippen molar-refractivity contribution >= 4 is 0 Å². The molecule has 1 fully saturated rings. The standard InChI is InChI=1S/C10H13FN2O4/c1-5(6-3-2-4-17-6)13-9(15)7(11)8(14)12-10(13)16/h5-6,15H,2-4H2,1H3,(H,12,14,16). The first-order valence-electron chi connectivity index (χ1n) is 5.37. The summed E-state index contributed by atoms with van der Waals surface area (Å²) in [6.07, 6.45) is 1.33. The van der Waals surface area contributed by atoms with Crippen LogP contribution in [-0.2, 0) is 4.74 Å². The van der Waals surface area contributed by atoms with Crippen molar-refractivity contribution in [2.45, 2.75) is 31.9 Å². The highest BCUT2D eigenvalue weighted by atomic mass is 19.1. The van der Waals surface area contributed by atoms with Gasteiger partial charge in [0.05, 0.1) is 12.1 Å². The van der Waals surface area contributed by atoms with Crippen LogP contribution >= 0.6 is 0 Å². The van der Waals surface area contributed by atoms with Crippen molar-refractivity contribution in [3.63, 3.8) is 0 Å². The van der Waals surface area contributed by atoms with Crippen LogP contribution in [0.2, 0.25) is 0 Å². The first-order chi connectivity index (χ1) is 8.02. The van der Waals surface area contributed by atoms with Gasteiger partial charge in [0.15, 0.2) is 0 Å². The number of aromatic hydroxyl groups is 1. The number of hydrogen-bond donors (Lipinski definition) is 2. The summed E-state index contributed by atoms with van der Waals surface area (Å²) in [5, 5.41) is 9.50. The molecular formula is C10H13FN2O4. The average molecular weight is 244 g/mol. The first-order valence-corrected chi connectivity index (χ1v) is 5.37. The van der Waals surface area contributed by atoms with E-state index in [-0.39, 0.29) is 6.10 Å². The highest BCUT2D eigenvalue weighted by molar-refractivity contribution is 5.11. The molecule has 7 heteroatoms. The fourth-order valence-corrected chi connectivity index (χ4v) is 2.04. The Kier molecular flexibility index (Phi) is 3.01. The highest BCUT2D eigenvalue weighted by Gasteiger charge is 2.27. The summed E-state index contributed by atoms with van der Waals surface area (Å²) < 4.78 is 19.4. The molecular weight excluding hydrogens is 231 g/mol. The maximum atomic E-state index is 13.2. The van der Waals surface area contributed by atoms with Gasteiger partial charge in [-0.25, -0.2) is 4.79 Å². The van der Waals surface area contributed by atoms with Gasteiger partial charge in [0.2, 0.25) is 11.7 Å². The lowest BCUT2D eigenvalue weighted by molar-refractivity contribution is 0.0679. The molecule has 1 aliphatic heterocycles. The van der Waals surface area contributed by atoms with E-state index in [1.165, 1.54) is 0 Å². The number of aromatic nitrogens is 2. The van der Waals surface area contributed by atoms with Crippen LogP contribution in [0.1, 0.15) is 25.8 Å². The molecule has 1 aliphatic rings. The minimum atomic E-state index is -1.35. The Bertz CT molecular complexity index is 530. The summed E-state index contributed by atoms with van der Waals surface area (Å²) in [6, 6.07) is -0.531. The molecule has 0 radical (unpaired) electrons. The Morgan fingerprint density at radius 1 is 1.59 bits per heavy atom. The molecule has 1 aromatic rings. The van der Waals surface area contributed by atoms with Crippen LogP contribution in [0.4, 0.5) is 4.39 Å². The molecule has 0 aliphatic carbocycles. The van der Waals surface area contributed by atoms with E-state index in [0.29, 0.717) is 6.61 Å². The van der Waals surface area contributed by atoms with Crippen molar-refractivity contribution in [3.8, 4) is 5.88 Å². The van der Waals surface area contributed by atoms with E-state index in [9.17, 15) is 19.1 Å². The molecule has 2 unspecified atom stereocenters. The van der Waals surface area contributed by atoms with Crippen molar-refractivity contribution < 1.29 is 14.2 Å². The SMILES string of the molecule is CC(C1CCCO1)n1c(O)c(F)c(=O)[nH]c1=O. The van der Waals surface area contributed by atoms with Gasteiger partial charge in [0.1, 0.15) is 0 Å². The van der Waals surface area contributed by atoms with E-state index in [1.807, 2.05) is 4.98 Å². The van der Waals surface area contributed by atoms with E-state index in [2.05, 4.69) is 0 Å². The fraction of sp³-hybridized carbons (Fsp3) is 0.600. The van der Waals surface area contributed by atoms with Crippen LogP contribution in [0.25, 0.3) is 0 Å². The normalized spacial score (nSPS) is 21.6. The number of halogens is 1. The molecule has 17 heavy (non-hydrogen) atoms. The van der Waals surface area contributed by atoms with E-state index < -0.39 is 29.0 Å². The number of H-pyrrole nitrogens is 1. The van der Waals surface area contributed by atoms with Crippen molar-refractivity contribution in [1.82, 2.24) is 9.55 Å². The summed E-state index contributed by atoms with van der Waals surface area (Å²) in [7, 11) is 0. The van der Waals surface area contributed by atoms with Gasteiger partial charge in [0.25, 0.3) is 5.56 Å². The van der Waals surface area contributed by atoms with Crippen molar-refractivity contribution in [1.29, 1.82) is 0 Å². The Morgan fingerprint density at radius 3 is 2.88 bits per heavy atom. The molecule has 2 N–H and O–H groups in total. The van der Waals surface area contributed by atoms with Gasteiger partial charge < -0.3 is 9.84 Å². The maximum Gasteiger partial charge on any atom is 0.331 e. The Hall–Kier alpha value is -1.63. The summed E-state index contributed by atoms with van der Waals surface area (Å²) in [6.45, 7) is 2.21. The smallest absolute Gasteiger partial charge is 0.331 e. The van der Waals surface area contributed by atoms with E-state index in [1.54, 1.807) is 6.92 Å². The third-order valence-electron chi connectivity index (χ3n) is 2.97. The van der Waals surface area contributed by atoms with E-state index >= 15 is 0 Å². The molecule has 2 heterocycles. The molecule has 1 aromatic heterocycles. The highest BCUT2D eigenvalue weighted by Crippen LogP contribution is 2.25. The van der Waals surface area contributed by atoms with Gasteiger partial charge in [-0.15, -0.1) is 0 Å². The number of hydrogen-bond acceptors (Lipinski definition) is 4.